The molecule has 5 rings (SSSR count). The summed E-state index contributed by atoms with van der Waals surface area (Å²) in [5.74, 6) is 0.393. The Bertz CT molecular complexity index is 1420. The minimum absolute atomic E-state index is 0.133. The van der Waals surface area contributed by atoms with E-state index in [9.17, 15) is 9.59 Å². The molecule has 8 nitrogen and oxygen atoms in total. The fourth-order valence-corrected chi connectivity index (χ4v) is 4.42. The van der Waals surface area contributed by atoms with Gasteiger partial charge in [-0.2, -0.15) is 0 Å². The van der Waals surface area contributed by atoms with Crippen molar-refractivity contribution < 1.29 is 28.5 Å². The average molecular weight is 541 g/mol. The van der Waals surface area contributed by atoms with Crippen molar-refractivity contribution in [3.63, 3.8) is 0 Å². The summed E-state index contributed by atoms with van der Waals surface area (Å²) in [6.45, 7) is 6.48. The third-order valence-corrected chi connectivity index (χ3v) is 6.48. The largest absolute Gasteiger partial charge is 0.488 e. The van der Waals surface area contributed by atoms with Gasteiger partial charge in [0, 0.05) is 13.1 Å². The first-order valence-electron chi connectivity index (χ1n) is 13.3. The molecule has 1 aliphatic heterocycles. The van der Waals surface area contributed by atoms with Crippen LogP contribution in [0, 0.1) is 0 Å². The van der Waals surface area contributed by atoms with E-state index in [0.717, 1.165) is 21.5 Å². The lowest BCUT2D eigenvalue weighted by Crippen LogP contribution is -2.29. The number of benzene rings is 4. The highest BCUT2D eigenvalue weighted by Gasteiger charge is 2.17. The van der Waals surface area contributed by atoms with Crippen LogP contribution >= 0.6 is 0 Å². The zero-order valence-corrected chi connectivity index (χ0v) is 22.2. The molecule has 0 aromatic heterocycles. The second-order valence-corrected chi connectivity index (χ2v) is 9.45. The maximum absolute atomic E-state index is 13.1. The van der Waals surface area contributed by atoms with Gasteiger partial charge in [0.05, 0.1) is 37.6 Å². The van der Waals surface area contributed by atoms with E-state index in [1.165, 1.54) is 0 Å². The summed E-state index contributed by atoms with van der Waals surface area (Å²) >= 11 is 0. The fraction of sp³-hybridized carbons (Fsp3) is 0.250. The Morgan fingerprint density at radius 3 is 1.40 bits per heavy atom. The first kappa shape index (κ1) is 27.2. The summed E-state index contributed by atoms with van der Waals surface area (Å²) in [4.78, 5) is 26.1. The molecule has 0 bridgehead atoms. The van der Waals surface area contributed by atoms with Gasteiger partial charge in [0.1, 0.15) is 24.7 Å². The van der Waals surface area contributed by atoms with Crippen molar-refractivity contribution in [3.05, 3.63) is 96.1 Å². The number of carbonyl (C=O) groups excluding carboxylic acids is 2. The summed E-state index contributed by atoms with van der Waals surface area (Å²) in [5.41, 5.74) is 1.50. The van der Waals surface area contributed by atoms with Crippen LogP contribution in [-0.4, -0.2) is 64.5 Å². The van der Waals surface area contributed by atoms with Crippen molar-refractivity contribution in [2.24, 2.45) is 0 Å². The van der Waals surface area contributed by atoms with Crippen LogP contribution in [0.25, 0.3) is 21.5 Å². The number of carbonyl (C=O) groups is 2. The smallest absolute Gasteiger partial charge is 0.255 e. The van der Waals surface area contributed by atoms with Gasteiger partial charge < -0.3 is 29.6 Å². The number of fused-ring (bicyclic) bond motifs is 4. The number of amides is 2. The fourth-order valence-electron chi connectivity index (χ4n) is 4.42. The Balaban J connectivity index is 1.39. The van der Waals surface area contributed by atoms with E-state index in [-0.39, 0.29) is 25.0 Å². The standard InChI is InChI=1S/C32H32N2O6/c1-22-20-39-29-18-25-8-4-2-6-23(25)16-27(29)31(35)33-10-12-37-14-15-38-13-11-34-32(36)28-17-24-7-3-5-9-26(24)19-30(28)40-21-22/h2-9,16-19H,1,10-15,20-21H2,(H,33,35)(H,34,36). The van der Waals surface area contributed by atoms with Gasteiger partial charge in [-0.3, -0.25) is 9.59 Å². The van der Waals surface area contributed by atoms with E-state index in [2.05, 4.69) is 17.2 Å². The van der Waals surface area contributed by atoms with Crippen LogP contribution in [0.5, 0.6) is 11.5 Å². The zero-order chi connectivity index (χ0) is 27.7. The zero-order valence-electron chi connectivity index (χ0n) is 22.2. The van der Waals surface area contributed by atoms with Crippen LogP contribution in [0.1, 0.15) is 20.7 Å². The highest BCUT2D eigenvalue weighted by Crippen LogP contribution is 2.28. The molecule has 206 valence electrons. The quantitative estimate of drug-likeness (QED) is 0.319. The Kier molecular flexibility index (Phi) is 8.90. The third kappa shape index (κ3) is 6.77. The maximum Gasteiger partial charge on any atom is 0.255 e. The maximum atomic E-state index is 13.1. The van der Waals surface area contributed by atoms with Gasteiger partial charge in [0.15, 0.2) is 0 Å². The number of hydrogen-bond donors (Lipinski definition) is 2. The van der Waals surface area contributed by atoms with E-state index in [4.69, 9.17) is 18.9 Å². The molecule has 40 heavy (non-hydrogen) atoms. The van der Waals surface area contributed by atoms with Crippen LogP contribution < -0.4 is 20.1 Å². The summed E-state index contributed by atoms with van der Waals surface area (Å²) in [7, 11) is 0. The van der Waals surface area contributed by atoms with Crippen molar-refractivity contribution >= 4 is 33.4 Å². The Hall–Kier alpha value is -4.40. The normalized spacial score (nSPS) is 16.4. The number of ether oxygens (including phenoxy) is 4. The van der Waals surface area contributed by atoms with Crippen molar-refractivity contribution in [2.45, 2.75) is 0 Å². The lowest BCUT2D eigenvalue weighted by atomic mass is 10.1. The second kappa shape index (κ2) is 13.1. The molecule has 0 radical (unpaired) electrons. The van der Waals surface area contributed by atoms with Crippen molar-refractivity contribution in [1.29, 1.82) is 0 Å². The summed E-state index contributed by atoms with van der Waals surface area (Å²) in [6, 6.07) is 22.9. The number of hydrogen-bond acceptors (Lipinski definition) is 6. The first-order chi connectivity index (χ1) is 19.6. The molecule has 0 aliphatic carbocycles. The predicted octanol–water partition coefficient (Wildman–Crippen LogP) is 4.51. The van der Waals surface area contributed by atoms with Crippen molar-refractivity contribution in [1.82, 2.24) is 10.6 Å². The molecular formula is C32H32N2O6. The monoisotopic (exact) mass is 540 g/mol. The number of rotatable bonds is 0. The molecule has 0 spiro atoms. The molecule has 0 fully saturated rings. The topological polar surface area (TPSA) is 95.1 Å². The van der Waals surface area contributed by atoms with E-state index < -0.39 is 0 Å². The SMILES string of the molecule is C=C1COc2cc3ccccc3cc2C(=O)NCCOCCOCCNC(=O)c2cc3ccccc3cc2OC1. The van der Waals surface area contributed by atoms with E-state index in [1.807, 2.05) is 72.8 Å². The van der Waals surface area contributed by atoms with Gasteiger partial charge in [0.25, 0.3) is 11.8 Å². The first-order valence-corrected chi connectivity index (χ1v) is 13.3. The number of nitrogens with one attached hydrogen (secondary N) is 2. The van der Waals surface area contributed by atoms with Crippen LogP contribution in [0.4, 0.5) is 0 Å². The highest BCUT2D eigenvalue weighted by molar-refractivity contribution is 6.02. The Morgan fingerprint density at radius 2 is 0.975 bits per heavy atom. The van der Waals surface area contributed by atoms with Gasteiger partial charge in [-0.05, 0) is 51.4 Å². The van der Waals surface area contributed by atoms with Crippen LogP contribution in [-0.2, 0) is 9.47 Å². The molecule has 0 saturated carbocycles. The molecule has 0 unspecified atom stereocenters. The summed E-state index contributed by atoms with van der Waals surface area (Å²) < 4.78 is 23.3. The lowest BCUT2D eigenvalue weighted by Gasteiger charge is -2.16. The molecule has 0 saturated heterocycles. The Labute approximate surface area is 232 Å². The molecule has 4 aromatic rings. The highest BCUT2D eigenvalue weighted by atomic mass is 16.5. The molecule has 2 N–H and O–H groups in total. The van der Waals surface area contributed by atoms with Crippen LogP contribution in [0.3, 0.4) is 0 Å². The van der Waals surface area contributed by atoms with Gasteiger partial charge >= 0.3 is 0 Å². The third-order valence-electron chi connectivity index (χ3n) is 6.48. The van der Waals surface area contributed by atoms with Crippen LogP contribution in [0.2, 0.25) is 0 Å². The molecule has 2 amide bonds. The van der Waals surface area contributed by atoms with Gasteiger partial charge in [0.2, 0.25) is 0 Å². The average Bonchev–Trinajstić information content (AvgIpc) is 2.98. The molecule has 4 aromatic carbocycles. The van der Waals surface area contributed by atoms with Crippen LogP contribution in [0.15, 0.2) is 84.9 Å². The van der Waals surface area contributed by atoms with E-state index in [1.54, 1.807) is 0 Å². The van der Waals surface area contributed by atoms with Gasteiger partial charge in [-0.25, -0.2) is 0 Å². The lowest BCUT2D eigenvalue weighted by molar-refractivity contribution is 0.0486. The molecule has 0 atom stereocenters. The minimum atomic E-state index is -0.251. The summed E-state index contributed by atoms with van der Waals surface area (Å²) in [5, 5.41) is 9.57. The molecular weight excluding hydrogens is 508 g/mol. The van der Waals surface area contributed by atoms with Gasteiger partial charge in [-0.15, -0.1) is 0 Å². The second-order valence-electron chi connectivity index (χ2n) is 9.45. The molecule has 1 heterocycles. The van der Waals surface area contributed by atoms with Crippen molar-refractivity contribution in [2.75, 3.05) is 52.7 Å². The minimum Gasteiger partial charge on any atom is -0.488 e. The predicted molar refractivity (Wildman–Crippen MR) is 154 cm³/mol. The van der Waals surface area contributed by atoms with E-state index >= 15 is 0 Å². The van der Waals surface area contributed by atoms with Crippen molar-refractivity contribution in [3.8, 4) is 11.5 Å². The van der Waals surface area contributed by atoms with Gasteiger partial charge in [-0.1, -0.05) is 55.1 Å². The molecule has 8 heteroatoms. The summed E-state index contributed by atoms with van der Waals surface area (Å²) in [6.07, 6.45) is 0. The molecule has 1 aliphatic rings. The Morgan fingerprint density at radius 1 is 0.575 bits per heavy atom. The van der Waals surface area contributed by atoms with E-state index in [0.29, 0.717) is 67.7 Å².